The zero-order valence-electron chi connectivity index (χ0n) is 52.0. The van der Waals surface area contributed by atoms with Crippen molar-refractivity contribution >= 4 is 0 Å². The quantitative estimate of drug-likeness (QED) is 0.0538. The van der Waals surface area contributed by atoms with Crippen LogP contribution in [0.25, 0.3) is 0 Å². The van der Waals surface area contributed by atoms with Gasteiger partial charge in [-0.05, 0) is 118 Å². The number of allylic oxidation sites excluding steroid dienone is 1. The Kier molecular flexibility index (Phi) is 22.3. The lowest BCUT2D eigenvalue weighted by molar-refractivity contribution is -0.408. The van der Waals surface area contributed by atoms with Crippen LogP contribution in [0.5, 0.6) is 0 Å². The Morgan fingerprint density at radius 2 is 1.04 bits per heavy atom. The zero-order chi connectivity index (χ0) is 65.4. The van der Waals surface area contributed by atoms with E-state index in [4.69, 9.17) is 61.6 Å². The lowest BCUT2D eigenvalue weighted by Crippen LogP contribution is -2.68. The van der Waals surface area contributed by atoms with Crippen molar-refractivity contribution in [3.63, 3.8) is 0 Å². The van der Waals surface area contributed by atoms with Crippen LogP contribution in [-0.4, -0.2) is 311 Å². The van der Waals surface area contributed by atoms with Gasteiger partial charge in [0.15, 0.2) is 37.7 Å². The monoisotopic (exact) mass is 1310 g/mol. The molecule has 30 nitrogen and oxygen atoms in total. The van der Waals surface area contributed by atoms with E-state index in [9.17, 15) is 86.8 Å². The molecule has 0 amide bonds. The minimum Gasteiger partial charge on any atom is -0.494 e. The van der Waals surface area contributed by atoms with Gasteiger partial charge in [-0.25, -0.2) is 0 Å². The number of ether oxygens (including phenoxy) is 13. The highest BCUT2D eigenvalue weighted by atomic mass is 16.8. The smallest absolute Gasteiger partial charge is 0.187 e. The average molecular weight is 1310 g/mol. The van der Waals surface area contributed by atoms with Crippen LogP contribution >= 0.6 is 0 Å². The van der Waals surface area contributed by atoms with Crippen LogP contribution in [0.1, 0.15) is 98.8 Å². The van der Waals surface area contributed by atoms with Crippen LogP contribution in [0.4, 0.5) is 0 Å². The van der Waals surface area contributed by atoms with Crippen molar-refractivity contribution in [1.29, 1.82) is 0 Å². The highest BCUT2D eigenvalue weighted by molar-refractivity contribution is 5.27. The molecule has 7 aliphatic heterocycles. The van der Waals surface area contributed by atoms with Gasteiger partial charge >= 0.3 is 0 Å². The Labute approximate surface area is 527 Å². The summed E-state index contributed by atoms with van der Waals surface area (Å²) in [5, 5.41) is 183. The predicted octanol–water partition coefficient (Wildman–Crippen LogP) is -5.05. The van der Waals surface area contributed by atoms with E-state index in [-0.39, 0.29) is 41.3 Å². The van der Waals surface area contributed by atoms with E-state index in [0.29, 0.717) is 37.0 Å². The van der Waals surface area contributed by atoms with Gasteiger partial charge in [0.05, 0.1) is 57.6 Å². The normalized spacial score (nSPS) is 53.8. The second-order valence-electron chi connectivity index (χ2n) is 28.4. The molecule has 17 N–H and O–H groups in total. The molecule has 6 saturated heterocycles. The largest absolute Gasteiger partial charge is 0.494 e. The summed E-state index contributed by atoms with van der Waals surface area (Å²) in [6.07, 6.45) is -38.6. The Balaban J connectivity index is 0.776. The third-order valence-corrected chi connectivity index (χ3v) is 22.9. The fourth-order valence-electron chi connectivity index (χ4n) is 17.5. The number of hydrogen-bond donors (Lipinski definition) is 17. The van der Waals surface area contributed by atoms with Crippen LogP contribution in [0.2, 0.25) is 0 Å². The van der Waals surface area contributed by atoms with Gasteiger partial charge in [-0.2, -0.15) is 0 Å². The van der Waals surface area contributed by atoms with E-state index in [1.807, 2.05) is 6.92 Å². The van der Waals surface area contributed by atoms with Gasteiger partial charge in [0.25, 0.3) is 0 Å². The van der Waals surface area contributed by atoms with Crippen LogP contribution in [0.3, 0.4) is 0 Å². The summed E-state index contributed by atoms with van der Waals surface area (Å²) >= 11 is 0. The second-order valence-corrected chi connectivity index (χ2v) is 28.4. The third-order valence-electron chi connectivity index (χ3n) is 22.9. The van der Waals surface area contributed by atoms with Crippen LogP contribution in [0, 0.1) is 46.3 Å². The van der Waals surface area contributed by atoms with E-state index in [2.05, 4.69) is 20.8 Å². The highest BCUT2D eigenvalue weighted by Gasteiger charge is 2.66. The first-order valence-corrected chi connectivity index (χ1v) is 32.7. The van der Waals surface area contributed by atoms with Gasteiger partial charge in [0, 0.05) is 12.3 Å². The first-order chi connectivity index (χ1) is 43.2. The Bertz CT molecular complexity index is 2420. The van der Waals surface area contributed by atoms with Gasteiger partial charge in [-0.15, -0.1) is 0 Å². The molecule has 91 heavy (non-hydrogen) atoms. The highest BCUT2D eigenvalue weighted by Crippen LogP contribution is 2.70. The van der Waals surface area contributed by atoms with Gasteiger partial charge in [0.2, 0.25) is 0 Å². The molecule has 11 rings (SSSR count). The molecule has 7 heterocycles. The fourth-order valence-corrected chi connectivity index (χ4v) is 17.5. The summed E-state index contributed by atoms with van der Waals surface area (Å²) in [5.74, 6) is 2.85. The number of rotatable bonds is 19. The first-order valence-electron chi connectivity index (χ1n) is 32.7. The molecule has 4 aliphatic carbocycles. The molecule has 0 aromatic carbocycles. The summed E-state index contributed by atoms with van der Waals surface area (Å²) in [6, 6.07) is 0. The Morgan fingerprint density at radius 3 is 1.70 bits per heavy atom. The van der Waals surface area contributed by atoms with Crippen molar-refractivity contribution in [2.24, 2.45) is 46.3 Å². The average Bonchev–Trinajstić information content (AvgIpc) is 1.60. The second kappa shape index (κ2) is 28.7. The molecule has 10 fully saturated rings. The SMILES string of the molecule is CC1=C(CC[C@@H](C)CO[C@@H]2O[C@H](CO)[C@@H](O)[C@H](O)[C@H]2O)OC2CC3C4CCC5CC(O[C@@H]6O[C@H](CO)[C@H](O[C@@H]7O[C@H](CO)[C@@H](O)[C@H](OC8OC[C@@H](O)[C@H](O)[C@H]8O)[C@H]7OC7OC[C@@H](O)[C@H](O)[C@H]7O)[C@H](O)[C@H]6O[C@@H]6O[C@@H](C)[C@H](O)[C@@H](O)[C@H]6O)CC[C@]5(C)C4CC[C@]3(C)C12. The van der Waals surface area contributed by atoms with Crippen molar-refractivity contribution in [2.45, 2.75) is 283 Å². The summed E-state index contributed by atoms with van der Waals surface area (Å²) < 4.78 is 79.5. The van der Waals surface area contributed by atoms with E-state index >= 15 is 0 Å². The van der Waals surface area contributed by atoms with Crippen LogP contribution < -0.4 is 0 Å². The summed E-state index contributed by atoms with van der Waals surface area (Å²) in [5.41, 5.74) is 1.26. The molecule has 30 heteroatoms. The molecule has 4 saturated carbocycles. The minimum absolute atomic E-state index is 0.0253. The van der Waals surface area contributed by atoms with E-state index in [1.165, 1.54) is 12.5 Å². The van der Waals surface area contributed by atoms with Gasteiger partial charge in [0.1, 0.15) is 134 Å². The van der Waals surface area contributed by atoms with Crippen molar-refractivity contribution in [2.75, 3.05) is 39.6 Å². The summed E-state index contributed by atoms with van der Waals surface area (Å²) in [7, 11) is 0. The molecule has 0 spiro atoms. The van der Waals surface area contributed by atoms with Crippen LogP contribution in [-0.2, 0) is 61.6 Å². The molecule has 0 aromatic rings. The van der Waals surface area contributed by atoms with E-state index in [0.717, 1.165) is 50.7 Å². The molecule has 9 unspecified atom stereocenters. The summed E-state index contributed by atoms with van der Waals surface area (Å²) in [6.45, 7) is 7.32. The van der Waals surface area contributed by atoms with Crippen LogP contribution in [0.15, 0.2) is 11.3 Å². The summed E-state index contributed by atoms with van der Waals surface area (Å²) in [4.78, 5) is 0. The molecule has 0 bridgehead atoms. The Hall–Kier alpha value is -1.62. The van der Waals surface area contributed by atoms with Gasteiger partial charge in [-0.1, -0.05) is 20.8 Å². The topological polar surface area (TPSA) is 464 Å². The maximum atomic E-state index is 12.7. The van der Waals surface area contributed by atoms with Gasteiger partial charge in [-0.3, -0.25) is 0 Å². The van der Waals surface area contributed by atoms with Gasteiger partial charge < -0.3 is 148 Å². The standard InChI is InChI=1S/C61H100O30/c1-22(19-79-54-47(76)44(73)41(70)34(16-62)85-54)6-9-32-23(2)37-33(84-32)15-29-27-8-7-25-14-26(10-12-60(25,4)28(27)11-13-61(29,37)5)83-58-52(90-57-48(77)43(72)38(67)24(3)82-57)49(78)50(36(18-64)87-58)88-59-53(91-56-46(75)40(69)31(66)21-81-56)51(42(71)35(17-63)86-59)89-55-45(74)39(68)30(65)20-80-55/h22,24-31,33-59,62-78H,6-21H2,1-5H3/t22-,24+,25?,26?,27?,28?,29?,30-,31-,33?,34-,35-,36-,37?,38+,39+,40+,41-,42-,43-,44+,45-,46-,47-,48-,49+,50+,51+,52-,53-,54-,55?,56?,57+,58-,59+,60+,61+/m1/s1. The third kappa shape index (κ3) is 13.5. The number of hydrogen-bond acceptors (Lipinski definition) is 30. The first kappa shape index (κ1) is 70.7. The predicted molar refractivity (Wildman–Crippen MR) is 302 cm³/mol. The van der Waals surface area contributed by atoms with Crippen molar-refractivity contribution in [3.05, 3.63) is 11.3 Å². The number of fused-ring (bicyclic) bond motifs is 7. The molecule has 11 aliphatic rings. The molecule has 0 radical (unpaired) electrons. The van der Waals surface area contributed by atoms with Crippen molar-refractivity contribution in [1.82, 2.24) is 0 Å². The Morgan fingerprint density at radius 1 is 0.495 bits per heavy atom. The zero-order valence-corrected chi connectivity index (χ0v) is 52.0. The number of aliphatic hydroxyl groups is 17. The number of aliphatic hydroxyl groups excluding tert-OH is 17. The molecular weight excluding hydrogens is 1210 g/mol. The van der Waals surface area contributed by atoms with E-state index < -0.39 is 211 Å². The molecule has 0 aromatic heterocycles. The molecule has 38 atom stereocenters. The van der Waals surface area contributed by atoms with E-state index in [1.54, 1.807) is 0 Å². The maximum Gasteiger partial charge on any atom is 0.187 e. The lowest BCUT2D eigenvalue weighted by atomic mass is 9.44. The van der Waals surface area contributed by atoms with Crippen molar-refractivity contribution in [3.8, 4) is 0 Å². The molecular formula is C61H100O30. The minimum atomic E-state index is -1.96. The van der Waals surface area contributed by atoms with Crippen molar-refractivity contribution < 1.29 is 148 Å². The lowest BCUT2D eigenvalue weighted by Gasteiger charge is -2.61. The maximum absolute atomic E-state index is 12.7. The fraction of sp³-hybridized carbons (Fsp3) is 0.967. The molecule has 524 valence electrons.